The predicted octanol–water partition coefficient (Wildman–Crippen LogP) is 3.98. The summed E-state index contributed by atoms with van der Waals surface area (Å²) < 4.78 is 2.21. The molecule has 0 N–H and O–H groups in total. The zero-order chi connectivity index (χ0) is 11.6. The molecule has 0 unspecified atom stereocenters. The first-order valence-corrected chi connectivity index (χ1v) is 6.58. The molecule has 0 bridgehead atoms. The Labute approximate surface area is 99.0 Å². The van der Waals surface area contributed by atoms with E-state index < -0.39 is 0 Å². The van der Waals surface area contributed by atoms with E-state index in [4.69, 9.17) is 0 Å². The summed E-state index contributed by atoms with van der Waals surface area (Å²) in [5, 5.41) is 4.54. The van der Waals surface area contributed by atoms with Crippen molar-refractivity contribution >= 4 is 0 Å². The molecule has 0 spiro atoms. The van der Waals surface area contributed by atoms with Crippen molar-refractivity contribution in [2.45, 2.75) is 65.3 Å². The average molecular weight is 220 g/mol. The zero-order valence-electron chi connectivity index (χ0n) is 10.9. The van der Waals surface area contributed by atoms with Crippen LogP contribution in [0, 0.1) is 5.41 Å². The molecule has 1 fully saturated rings. The first-order chi connectivity index (χ1) is 7.54. The van der Waals surface area contributed by atoms with Crippen LogP contribution >= 0.6 is 0 Å². The lowest BCUT2D eigenvalue weighted by Gasteiger charge is -2.22. The van der Waals surface area contributed by atoms with Crippen molar-refractivity contribution < 1.29 is 0 Å². The van der Waals surface area contributed by atoms with Gasteiger partial charge in [0.2, 0.25) is 0 Å². The largest absolute Gasteiger partial charge is 0.269 e. The highest BCUT2D eigenvalue weighted by Crippen LogP contribution is 2.28. The van der Waals surface area contributed by atoms with Crippen LogP contribution in [0.2, 0.25) is 0 Å². The fourth-order valence-corrected chi connectivity index (χ4v) is 2.63. The van der Waals surface area contributed by atoms with E-state index in [2.05, 4.69) is 42.9 Å². The number of aromatic nitrogens is 2. The summed E-state index contributed by atoms with van der Waals surface area (Å²) in [4.78, 5) is 0. The Morgan fingerprint density at radius 1 is 1.25 bits per heavy atom. The summed E-state index contributed by atoms with van der Waals surface area (Å²) in [5.74, 6) is 0. The molecule has 1 heterocycles. The molecule has 2 heteroatoms. The molecular weight excluding hydrogens is 196 g/mol. The lowest BCUT2D eigenvalue weighted by atomic mass is 9.89. The van der Waals surface area contributed by atoms with Gasteiger partial charge in [0, 0.05) is 6.20 Å². The zero-order valence-corrected chi connectivity index (χ0v) is 10.9. The van der Waals surface area contributed by atoms with E-state index in [1.165, 1.54) is 37.7 Å². The van der Waals surface area contributed by atoms with E-state index in [-0.39, 0.29) is 0 Å². The molecule has 2 nitrogen and oxygen atoms in total. The van der Waals surface area contributed by atoms with Crippen molar-refractivity contribution in [2.24, 2.45) is 5.41 Å². The van der Waals surface area contributed by atoms with Crippen LogP contribution < -0.4 is 0 Å². The second-order valence-electron chi connectivity index (χ2n) is 6.36. The highest BCUT2D eigenvalue weighted by atomic mass is 15.3. The van der Waals surface area contributed by atoms with E-state index in [9.17, 15) is 0 Å². The minimum atomic E-state index is 0.362. The molecule has 0 aliphatic heterocycles. The minimum absolute atomic E-state index is 0.362. The van der Waals surface area contributed by atoms with Gasteiger partial charge in [0.05, 0.1) is 12.2 Å². The normalized spacial score (nSPS) is 18.9. The van der Waals surface area contributed by atoms with Crippen LogP contribution in [-0.2, 0) is 6.42 Å². The molecule has 0 saturated heterocycles. The van der Waals surface area contributed by atoms with Crippen LogP contribution in [0.3, 0.4) is 0 Å². The highest BCUT2D eigenvalue weighted by Gasteiger charge is 2.17. The maximum Gasteiger partial charge on any atom is 0.0522 e. The van der Waals surface area contributed by atoms with Gasteiger partial charge in [0.1, 0.15) is 0 Å². The van der Waals surface area contributed by atoms with Gasteiger partial charge >= 0.3 is 0 Å². The number of rotatable bonds is 2. The predicted molar refractivity (Wildman–Crippen MR) is 67.5 cm³/mol. The van der Waals surface area contributed by atoms with Gasteiger partial charge in [-0.3, -0.25) is 4.68 Å². The van der Waals surface area contributed by atoms with Crippen molar-refractivity contribution in [1.82, 2.24) is 9.78 Å². The molecule has 1 aromatic rings. The summed E-state index contributed by atoms with van der Waals surface area (Å²) >= 11 is 0. The van der Waals surface area contributed by atoms with Gasteiger partial charge in [-0.05, 0) is 30.2 Å². The Kier molecular flexibility index (Phi) is 3.36. The summed E-state index contributed by atoms with van der Waals surface area (Å²) in [6.45, 7) is 6.85. The van der Waals surface area contributed by atoms with Gasteiger partial charge < -0.3 is 0 Å². The summed E-state index contributed by atoms with van der Waals surface area (Å²) in [7, 11) is 0. The molecule has 90 valence electrons. The fraction of sp³-hybridized carbons (Fsp3) is 0.786. The Morgan fingerprint density at radius 2 is 1.94 bits per heavy atom. The highest BCUT2D eigenvalue weighted by molar-refractivity contribution is 5.07. The molecule has 1 aromatic heterocycles. The van der Waals surface area contributed by atoms with Crippen molar-refractivity contribution in [3.63, 3.8) is 0 Å². The van der Waals surface area contributed by atoms with Crippen LogP contribution in [-0.4, -0.2) is 9.78 Å². The van der Waals surface area contributed by atoms with Crippen molar-refractivity contribution in [1.29, 1.82) is 0 Å². The fourth-order valence-electron chi connectivity index (χ4n) is 2.63. The molecule has 0 atom stereocenters. The quantitative estimate of drug-likeness (QED) is 0.737. The molecule has 1 saturated carbocycles. The topological polar surface area (TPSA) is 17.8 Å². The third-order valence-electron chi connectivity index (χ3n) is 3.34. The van der Waals surface area contributed by atoms with Gasteiger partial charge in [-0.1, -0.05) is 40.0 Å². The van der Waals surface area contributed by atoms with Crippen LogP contribution in [0.1, 0.15) is 64.5 Å². The molecule has 0 radical (unpaired) electrons. The first kappa shape index (κ1) is 11.7. The molecule has 16 heavy (non-hydrogen) atoms. The van der Waals surface area contributed by atoms with E-state index in [1.807, 2.05) is 0 Å². The maximum absolute atomic E-state index is 4.54. The minimum Gasteiger partial charge on any atom is -0.269 e. The molecular formula is C14H24N2. The third kappa shape index (κ3) is 3.10. The van der Waals surface area contributed by atoms with E-state index in [1.54, 1.807) is 0 Å². The van der Waals surface area contributed by atoms with Gasteiger partial charge in [0.15, 0.2) is 0 Å². The second kappa shape index (κ2) is 4.60. The van der Waals surface area contributed by atoms with Crippen molar-refractivity contribution in [2.75, 3.05) is 0 Å². The van der Waals surface area contributed by atoms with Crippen molar-refractivity contribution in [3.05, 3.63) is 18.0 Å². The van der Waals surface area contributed by atoms with E-state index in [0.29, 0.717) is 11.5 Å². The van der Waals surface area contributed by atoms with Crippen LogP contribution in [0.4, 0.5) is 0 Å². The SMILES string of the molecule is CC(C)(C)Cc1cnn(C2CCCCC2)c1. The summed E-state index contributed by atoms with van der Waals surface area (Å²) in [6, 6.07) is 0.669. The lowest BCUT2D eigenvalue weighted by molar-refractivity contribution is 0.329. The molecule has 2 rings (SSSR count). The van der Waals surface area contributed by atoms with Crippen LogP contribution in [0.5, 0.6) is 0 Å². The monoisotopic (exact) mass is 220 g/mol. The van der Waals surface area contributed by atoms with Crippen LogP contribution in [0.25, 0.3) is 0 Å². The Balaban J connectivity index is 2.01. The molecule has 1 aliphatic carbocycles. The van der Waals surface area contributed by atoms with Crippen LogP contribution in [0.15, 0.2) is 12.4 Å². The lowest BCUT2D eigenvalue weighted by Crippen LogP contribution is -2.13. The Bertz CT molecular complexity index is 327. The number of hydrogen-bond donors (Lipinski definition) is 0. The Morgan fingerprint density at radius 3 is 2.56 bits per heavy atom. The van der Waals surface area contributed by atoms with Crippen molar-refractivity contribution in [3.8, 4) is 0 Å². The molecule has 0 amide bonds. The number of nitrogens with zero attached hydrogens (tertiary/aromatic N) is 2. The van der Waals surface area contributed by atoms with Gasteiger partial charge in [-0.2, -0.15) is 5.10 Å². The maximum atomic E-state index is 4.54. The standard InChI is InChI=1S/C14H24N2/c1-14(2,3)9-12-10-15-16(11-12)13-7-5-4-6-8-13/h10-11,13H,4-9H2,1-3H3. The van der Waals surface area contributed by atoms with Gasteiger partial charge in [0.25, 0.3) is 0 Å². The third-order valence-corrected chi connectivity index (χ3v) is 3.34. The molecule has 1 aliphatic rings. The average Bonchev–Trinajstić information content (AvgIpc) is 2.65. The summed E-state index contributed by atoms with van der Waals surface area (Å²) in [5.41, 5.74) is 1.75. The number of hydrogen-bond acceptors (Lipinski definition) is 1. The molecule has 0 aromatic carbocycles. The second-order valence-corrected chi connectivity index (χ2v) is 6.36. The van der Waals surface area contributed by atoms with E-state index in [0.717, 1.165) is 6.42 Å². The summed E-state index contributed by atoms with van der Waals surface area (Å²) in [6.07, 6.45) is 12.2. The first-order valence-electron chi connectivity index (χ1n) is 6.58. The smallest absolute Gasteiger partial charge is 0.0522 e. The van der Waals surface area contributed by atoms with E-state index >= 15 is 0 Å². The van der Waals surface area contributed by atoms with Gasteiger partial charge in [-0.25, -0.2) is 0 Å². The van der Waals surface area contributed by atoms with Gasteiger partial charge in [-0.15, -0.1) is 0 Å². The Hall–Kier alpha value is -0.790.